The minimum Gasteiger partial charge on any atom is -0.504 e. The van der Waals surface area contributed by atoms with Gasteiger partial charge in [-0.15, -0.1) is 0 Å². The van der Waals surface area contributed by atoms with Gasteiger partial charge < -0.3 is 21.1 Å². The van der Waals surface area contributed by atoms with Gasteiger partial charge in [0.25, 0.3) is 0 Å². The number of nitrogens with one attached hydrogen (secondary N) is 1. The molecule has 1 aliphatic rings. The number of nitrogens with zero attached hydrogens (tertiary/aromatic N) is 1. The van der Waals surface area contributed by atoms with Crippen molar-refractivity contribution >= 4 is 23.4 Å². The number of aldehydes is 1. The van der Waals surface area contributed by atoms with Gasteiger partial charge >= 0.3 is 0 Å². The lowest BCUT2D eigenvalue weighted by Gasteiger charge is -2.17. The fourth-order valence-electron chi connectivity index (χ4n) is 2.88. The van der Waals surface area contributed by atoms with Crippen molar-refractivity contribution in [2.45, 2.75) is 12.8 Å². The van der Waals surface area contributed by atoms with Gasteiger partial charge in [0.05, 0.1) is 11.3 Å². The van der Waals surface area contributed by atoms with E-state index in [-0.39, 0.29) is 5.56 Å². The van der Waals surface area contributed by atoms with E-state index in [9.17, 15) is 14.3 Å². The van der Waals surface area contributed by atoms with Crippen LogP contribution in [0.15, 0.2) is 42.6 Å². The lowest BCUT2D eigenvalue weighted by atomic mass is 10.1. The predicted octanol–water partition coefficient (Wildman–Crippen LogP) is 3.31. The monoisotopic (exact) mass is 341 g/mol. The van der Waals surface area contributed by atoms with Crippen LogP contribution in [0.5, 0.6) is 5.75 Å². The molecule has 1 aliphatic heterocycles. The Bertz CT molecular complexity index is 797. The first-order valence-corrected chi connectivity index (χ1v) is 8.14. The summed E-state index contributed by atoms with van der Waals surface area (Å²) in [5.41, 5.74) is 8.76. The van der Waals surface area contributed by atoms with Crippen LogP contribution in [0.1, 0.15) is 28.8 Å². The molecule has 5 nitrogen and oxygen atoms in total. The number of halogens is 1. The minimum atomic E-state index is -0.867. The van der Waals surface area contributed by atoms with Crippen LogP contribution in [-0.4, -0.2) is 24.5 Å². The zero-order valence-corrected chi connectivity index (χ0v) is 13.7. The Morgan fingerprint density at radius 1 is 1.20 bits per heavy atom. The minimum absolute atomic E-state index is 0.121. The van der Waals surface area contributed by atoms with Crippen molar-refractivity contribution in [1.29, 1.82) is 0 Å². The molecular weight excluding hydrogens is 321 g/mol. The molecular formula is C19H20FN3O2. The van der Waals surface area contributed by atoms with Crippen LogP contribution >= 0.6 is 0 Å². The molecule has 0 amide bonds. The summed E-state index contributed by atoms with van der Waals surface area (Å²) in [5.74, 6) is -1.52. The fourth-order valence-corrected chi connectivity index (χ4v) is 2.88. The Balaban J connectivity index is 1.73. The van der Waals surface area contributed by atoms with Gasteiger partial charge in [-0.25, -0.2) is 4.39 Å². The number of benzene rings is 2. The molecule has 130 valence electrons. The topological polar surface area (TPSA) is 78.6 Å². The quantitative estimate of drug-likeness (QED) is 0.574. The van der Waals surface area contributed by atoms with Crippen LogP contribution in [0.2, 0.25) is 0 Å². The molecule has 0 bridgehead atoms. The number of hydrogen-bond donors (Lipinski definition) is 3. The second-order valence-electron chi connectivity index (χ2n) is 6.00. The number of carbonyl (C=O) groups is 1. The van der Waals surface area contributed by atoms with E-state index >= 15 is 0 Å². The third kappa shape index (κ3) is 3.74. The average Bonchev–Trinajstić information content (AvgIpc) is 3.17. The van der Waals surface area contributed by atoms with Crippen molar-refractivity contribution in [2.75, 3.05) is 23.3 Å². The summed E-state index contributed by atoms with van der Waals surface area (Å²) in [6, 6.07) is 10.4. The lowest BCUT2D eigenvalue weighted by molar-refractivity contribution is 0.112. The maximum absolute atomic E-state index is 13.6. The number of carbonyl (C=O) groups excluding carboxylic acids is 1. The van der Waals surface area contributed by atoms with E-state index < -0.39 is 11.6 Å². The first-order valence-electron chi connectivity index (χ1n) is 8.14. The van der Waals surface area contributed by atoms with Crippen LogP contribution < -0.4 is 16.0 Å². The van der Waals surface area contributed by atoms with Crippen molar-refractivity contribution in [3.8, 4) is 5.75 Å². The maximum Gasteiger partial charge on any atom is 0.167 e. The maximum atomic E-state index is 13.6. The second-order valence-corrected chi connectivity index (χ2v) is 6.00. The van der Waals surface area contributed by atoms with Crippen molar-refractivity contribution in [3.63, 3.8) is 0 Å². The van der Waals surface area contributed by atoms with Crippen molar-refractivity contribution in [3.05, 3.63) is 59.5 Å². The van der Waals surface area contributed by atoms with Crippen molar-refractivity contribution < 1.29 is 14.3 Å². The largest absolute Gasteiger partial charge is 0.504 e. The second kappa shape index (κ2) is 7.25. The predicted molar refractivity (Wildman–Crippen MR) is 97.1 cm³/mol. The standard InChI is InChI=1S/C19H20FN3O2/c20-17-10-15(9-14(12-24)19(17)25)22-11-18(21)13-3-5-16(6-4-13)23-7-1-2-8-23/h3-6,9-12,22,25H,1-2,7-8,21H2/b18-11-. The third-order valence-electron chi connectivity index (χ3n) is 4.29. The third-order valence-corrected chi connectivity index (χ3v) is 4.29. The Morgan fingerprint density at radius 3 is 2.52 bits per heavy atom. The molecule has 0 saturated carbocycles. The number of phenolic OH excluding ortho intramolecular Hbond substituents is 1. The molecule has 0 spiro atoms. The molecule has 0 aromatic heterocycles. The van der Waals surface area contributed by atoms with Crippen LogP contribution in [-0.2, 0) is 0 Å². The molecule has 0 unspecified atom stereocenters. The van der Waals surface area contributed by atoms with Crippen molar-refractivity contribution in [2.24, 2.45) is 5.73 Å². The molecule has 0 atom stereocenters. The first-order chi connectivity index (χ1) is 12.1. The number of anilines is 2. The Hall–Kier alpha value is -3.02. The Kier molecular flexibility index (Phi) is 4.88. The van der Waals surface area contributed by atoms with E-state index in [1.165, 1.54) is 30.8 Å². The molecule has 6 heteroatoms. The van der Waals surface area contributed by atoms with E-state index in [0.29, 0.717) is 17.7 Å². The summed E-state index contributed by atoms with van der Waals surface area (Å²) in [6.07, 6.45) is 4.37. The van der Waals surface area contributed by atoms with Crippen LogP contribution in [0.25, 0.3) is 5.70 Å². The number of aromatic hydroxyl groups is 1. The van der Waals surface area contributed by atoms with Crippen LogP contribution in [0.4, 0.5) is 15.8 Å². The summed E-state index contributed by atoms with van der Waals surface area (Å²) in [7, 11) is 0. The van der Waals surface area contributed by atoms with E-state index in [0.717, 1.165) is 24.7 Å². The zero-order chi connectivity index (χ0) is 17.8. The van der Waals surface area contributed by atoms with E-state index in [1.54, 1.807) is 0 Å². The van der Waals surface area contributed by atoms with E-state index in [1.807, 2.05) is 24.3 Å². The van der Waals surface area contributed by atoms with Gasteiger partial charge in [-0.1, -0.05) is 12.1 Å². The van der Waals surface area contributed by atoms with Gasteiger partial charge in [-0.2, -0.15) is 0 Å². The molecule has 1 fully saturated rings. The van der Waals surface area contributed by atoms with Gasteiger partial charge in [0.15, 0.2) is 17.9 Å². The number of hydrogen-bond acceptors (Lipinski definition) is 5. The highest BCUT2D eigenvalue weighted by Gasteiger charge is 2.12. The number of phenols is 1. The van der Waals surface area contributed by atoms with Gasteiger partial charge in [-0.3, -0.25) is 4.79 Å². The Labute approximate surface area is 145 Å². The SMILES string of the molecule is N/C(=C\Nc1cc(F)c(O)c(C=O)c1)c1ccc(N2CCCC2)cc1. The molecule has 1 saturated heterocycles. The summed E-state index contributed by atoms with van der Waals surface area (Å²) in [6.45, 7) is 2.16. The van der Waals surface area contributed by atoms with Gasteiger partial charge in [0.1, 0.15) is 0 Å². The molecule has 0 radical (unpaired) electrons. The normalized spacial score (nSPS) is 14.6. The molecule has 25 heavy (non-hydrogen) atoms. The van der Waals surface area contributed by atoms with Gasteiger partial charge in [0, 0.05) is 36.7 Å². The molecule has 1 heterocycles. The smallest absolute Gasteiger partial charge is 0.167 e. The molecule has 2 aromatic carbocycles. The molecule has 0 aliphatic carbocycles. The number of rotatable bonds is 5. The highest BCUT2D eigenvalue weighted by molar-refractivity contribution is 5.81. The highest BCUT2D eigenvalue weighted by Crippen LogP contribution is 2.25. The van der Waals surface area contributed by atoms with E-state index in [2.05, 4.69) is 10.2 Å². The molecule has 3 rings (SSSR count). The fraction of sp³-hybridized carbons (Fsp3) is 0.211. The number of nitrogens with two attached hydrogens (primary N) is 1. The average molecular weight is 341 g/mol. The lowest BCUT2D eigenvalue weighted by Crippen LogP contribution is -2.17. The van der Waals surface area contributed by atoms with Crippen LogP contribution in [0, 0.1) is 5.82 Å². The zero-order valence-electron chi connectivity index (χ0n) is 13.7. The summed E-state index contributed by atoms with van der Waals surface area (Å²) >= 11 is 0. The van der Waals surface area contributed by atoms with Crippen LogP contribution in [0.3, 0.4) is 0 Å². The van der Waals surface area contributed by atoms with Gasteiger partial charge in [0.2, 0.25) is 0 Å². The van der Waals surface area contributed by atoms with E-state index in [4.69, 9.17) is 5.73 Å². The van der Waals surface area contributed by atoms with Gasteiger partial charge in [-0.05, 0) is 36.6 Å². The molecule has 2 aromatic rings. The first kappa shape index (κ1) is 16.8. The summed E-state index contributed by atoms with van der Waals surface area (Å²) < 4.78 is 13.6. The van der Waals surface area contributed by atoms with Crippen molar-refractivity contribution in [1.82, 2.24) is 0 Å². The molecule has 4 N–H and O–H groups in total. The summed E-state index contributed by atoms with van der Waals surface area (Å²) in [5, 5.41) is 12.3. The Morgan fingerprint density at radius 2 is 1.88 bits per heavy atom. The summed E-state index contributed by atoms with van der Waals surface area (Å²) in [4.78, 5) is 13.2. The highest BCUT2D eigenvalue weighted by atomic mass is 19.1.